The molecule has 2 heteroatoms. The highest BCUT2D eigenvalue weighted by Crippen LogP contribution is 2.11. The van der Waals surface area contributed by atoms with Crippen LogP contribution in [0.1, 0.15) is 22.7 Å². The molecule has 0 spiro atoms. The van der Waals surface area contributed by atoms with Gasteiger partial charge in [0.05, 0.1) is 5.69 Å². The Kier molecular flexibility index (Phi) is 3.93. The van der Waals surface area contributed by atoms with Gasteiger partial charge < -0.3 is 4.42 Å². The second-order valence-electron chi connectivity index (χ2n) is 4.88. The molecule has 0 radical (unpaired) electrons. The Hall–Kier alpha value is -2.35. The number of aryl methyl sites for hydroxylation is 2. The van der Waals surface area contributed by atoms with Gasteiger partial charge in [0.2, 0.25) is 0 Å². The van der Waals surface area contributed by atoms with Gasteiger partial charge in [-0.05, 0) is 17.5 Å². The molecule has 0 atom stereocenters. The number of hydrogen-bond donors (Lipinski definition) is 0. The predicted molar refractivity (Wildman–Crippen MR) is 79.6 cm³/mol. The zero-order chi connectivity index (χ0) is 13.6. The molecule has 100 valence electrons. The van der Waals surface area contributed by atoms with Crippen LogP contribution < -0.4 is 0 Å². The van der Waals surface area contributed by atoms with Gasteiger partial charge in [-0.2, -0.15) is 0 Å². The van der Waals surface area contributed by atoms with Crippen molar-refractivity contribution in [3.63, 3.8) is 0 Å². The van der Waals surface area contributed by atoms with Gasteiger partial charge in [0.1, 0.15) is 6.26 Å². The number of nitrogens with zero attached hydrogens (tertiary/aromatic N) is 1. The molecule has 0 amide bonds. The van der Waals surface area contributed by atoms with Crippen molar-refractivity contribution < 1.29 is 4.42 Å². The topological polar surface area (TPSA) is 26.0 Å². The Balaban J connectivity index is 1.60. The first-order valence-corrected chi connectivity index (χ1v) is 6.91. The van der Waals surface area contributed by atoms with Gasteiger partial charge in [-0.25, -0.2) is 4.98 Å². The van der Waals surface area contributed by atoms with Crippen molar-refractivity contribution in [2.24, 2.45) is 0 Å². The van der Waals surface area contributed by atoms with Crippen molar-refractivity contribution in [2.45, 2.75) is 19.3 Å². The van der Waals surface area contributed by atoms with E-state index >= 15 is 0 Å². The van der Waals surface area contributed by atoms with E-state index in [0.717, 1.165) is 30.8 Å². The highest BCUT2D eigenvalue weighted by Gasteiger charge is 2.05. The molecule has 0 unspecified atom stereocenters. The lowest BCUT2D eigenvalue weighted by Crippen LogP contribution is -1.93. The lowest BCUT2D eigenvalue weighted by atomic mass is 10.1. The van der Waals surface area contributed by atoms with Gasteiger partial charge in [-0.15, -0.1) is 0 Å². The molecule has 0 saturated heterocycles. The monoisotopic (exact) mass is 263 g/mol. The van der Waals surface area contributed by atoms with Gasteiger partial charge in [-0.3, -0.25) is 0 Å². The molecular formula is C18H17NO. The van der Waals surface area contributed by atoms with E-state index < -0.39 is 0 Å². The number of rotatable bonds is 5. The Bertz CT molecular complexity index is 643. The maximum Gasteiger partial charge on any atom is 0.194 e. The molecule has 2 nitrogen and oxygen atoms in total. The summed E-state index contributed by atoms with van der Waals surface area (Å²) in [7, 11) is 0. The third-order valence-electron chi connectivity index (χ3n) is 3.30. The quantitative estimate of drug-likeness (QED) is 0.694. The summed E-state index contributed by atoms with van der Waals surface area (Å²) in [5.41, 5.74) is 3.57. The lowest BCUT2D eigenvalue weighted by Gasteiger charge is -1.97. The van der Waals surface area contributed by atoms with Crippen molar-refractivity contribution in [1.82, 2.24) is 4.98 Å². The van der Waals surface area contributed by atoms with Crippen LogP contribution in [-0.4, -0.2) is 4.98 Å². The number of aromatic nitrogens is 1. The summed E-state index contributed by atoms with van der Waals surface area (Å²) in [5.74, 6) is 0.819. The van der Waals surface area contributed by atoms with Crippen LogP contribution in [0.15, 0.2) is 71.3 Å². The molecule has 0 aliphatic carbocycles. The Morgan fingerprint density at radius 2 is 1.40 bits per heavy atom. The van der Waals surface area contributed by atoms with E-state index in [0.29, 0.717) is 0 Å². The van der Waals surface area contributed by atoms with E-state index in [4.69, 9.17) is 4.42 Å². The summed E-state index contributed by atoms with van der Waals surface area (Å²) in [6.07, 6.45) is 4.41. The van der Waals surface area contributed by atoms with Gasteiger partial charge in [0.25, 0.3) is 0 Å². The molecule has 0 fully saturated rings. The van der Waals surface area contributed by atoms with Crippen LogP contribution in [0.25, 0.3) is 0 Å². The van der Waals surface area contributed by atoms with E-state index in [9.17, 15) is 0 Å². The summed E-state index contributed by atoms with van der Waals surface area (Å²) in [5, 5.41) is 0. The third kappa shape index (κ3) is 3.35. The van der Waals surface area contributed by atoms with E-state index in [1.54, 1.807) is 6.26 Å². The molecular weight excluding hydrogens is 246 g/mol. The molecule has 3 aromatic rings. The minimum absolute atomic E-state index is 0.819. The normalized spacial score (nSPS) is 10.6. The van der Waals surface area contributed by atoms with Crippen LogP contribution in [-0.2, 0) is 19.3 Å². The Morgan fingerprint density at radius 1 is 0.750 bits per heavy atom. The highest BCUT2D eigenvalue weighted by atomic mass is 16.3. The molecule has 3 rings (SSSR count). The summed E-state index contributed by atoms with van der Waals surface area (Å²) in [6.45, 7) is 0. The maximum atomic E-state index is 5.55. The van der Waals surface area contributed by atoms with Gasteiger partial charge in [-0.1, -0.05) is 60.7 Å². The zero-order valence-corrected chi connectivity index (χ0v) is 11.3. The zero-order valence-electron chi connectivity index (χ0n) is 11.3. The second-order valence-corrected chi connectivity index (χ2v) is 4.88. The van der Waals surface area contributed by atoms with Crippen LogP contribution in [0.5, 0.6) is 0 Å². The van der Waals surface area contributed by atoms with Crippen molar-refractivity contribution in [3.05, 3.63) is 89.6 Å². The highest BCUT2D eigenvalue weighted by molar-refractivity contribution is 5.20. The minimum Gasteiger partial charge on any atom is -0.449 e. The molecule has 0 N–H and O–H groups in total. The van der Waals surface area contributed by atoms with Gasteiger partial charge >= 0.3 is 0 Å². The van der Waals surface area contributed by atoms with Gasteiger partial charge in [0.15, 0.2) is 5.89 Å². The van der Waals surface area contributed by atoms with E-state index in [2.05, 4.69) is 41.4 Å². The van der Waals surface area contributed by atoms with Crippen molar-refractivity contribution in [3.8, 4) is 0 Å². The first kappa shape index (κ1) is 12.7. The number of benzene rings is 2. The van der Waals surface area contributed by atoms with Crippen molar-refractivity contribution in [2.75, 3.05) is 0 Å². The van der Waals surface area contributed by atoms with Crippen LogP contribution in [0.2, 0.25) is 0 Å². The summed E-state index contributed by atoms with van der Waals surface area (Å²) < 4.78 is 5.55. The van der Waals surface area contributed by atoms with Crippen LogP contribution in [0.4, 0.5) is 0 Å². The van der Waals surface area contributed by atoms with E-state index in [-0.39, 0.29) is 0 Å². The SMILES string of the molecule is c1ccc(CCc2nc(Cc3ccccc3)co2)cc1. The first-order chi connectivity index (χ1) is 9.90. The number of oxazole rings is 1. The van der Waals surface area contributed by atoms with E-state index in [1.165, 1.54) is 11.1 Å². The average molecular weight is 263 g/mol. The Labute approximate surface area is 119 Å². The Morgan fingerprint density at radius 3 is 2.10 bits per heavy atom. The smallest absolute Gasteiger partial charge is 0.194 e. The molecule has 0 saturated carbocycles. The average Bonchev–Trinajstić information content (AvgIpc) is 2.95. The predicted octanol–water partition coefficient (Wildman–Crippen LogP) is 4.05. The van der Waals surface area contributed by atoms with Crippen molar-refractivity contribution in [1.29, 1.82) is 0 Å². The standard InChI is InChI=1S/C18H17NO/c1-3-7-15(8-4-1)11-12-18-19-17(14-20-18)13-16-9-5-2-6-10-16/h1-10,14H,11-13H2. The fourth-order valence-electron chi connectivity index (χ4n) is 2.25. The van der Waals surface area contributed by atoms with Crippen LogP contribution >= 0.6 is 0 Å². The van der Waals surface area contributed by atoms with E-state index in [1.807, 2.05) is 24.3 Å². The largest absolute Gasteiger partial charge is 0.449 e. The fraction of sp³-hybridized carbons (Fsp3) is 0.167. The molecule has 0 aliphatic rings. The van der Waals surface area contributed by atoms with Crippen LogP contribution in [0.3, 0.4) is 0 Å². The molecule has 0 bridgehead atoms. The summed E-state index contributed by atoms with van der Waals surface area (Å²) in [4.78, 5) is 4.55. The van der Waals surface area contributed by atoms with Gasteiger partial charge in [0, 0.05) is 12.8 Å². The summed E-state index contributed by atoms with van der Waals surface area (Å²) >= 11 is 0. The number of hydrogen-bond acceptors (Lipinski definition) is 2. The first-order valence-electron chi connectivity index (χ1n) is 6.91. The molecule has 2 aromatic carbocycles. The maximum absolute atomic E-state index is 5.55. The molecule has 20 heavy (non-hydrogen) atoms. The van der Waals surface area contributed by atoms with Crippen molar-refractivity contribution >= 4 is 0 Å². The second kappa shape index (κ2) is 6.20. The lowest BCUT2D eigenvalue weighted by molar-refractivity contribution is 0.493. The summed E-state index contributed by atoms with van der Waals surface area (Å²) in [6, 6.07) is 20.8. The third-order valence-corrected chi connectivity index (χ3v) is 3.30. The molecule has 1 aromatic heterocycles. The fourth-order valence-corrected chi connectivity index (χ4v) is 2.25. The minimum atomic E-state index is 0.819. The molecule has 0 aliphatic heterocycles. The molecule has 1 heterocycles. The van der Waals surface area contributed by atoms with Crippen LogP contribution in [0, 0.1) is 0 Å².